The molecule has 0 fully saturated rings. The number of benzene rings is 1. The van der Waals surface area contributed by atoms with Gasteiger partial charge in [-0.2, -0.15) is 0 Å². The molecule has 0 spiro atoms. The quantitative estimate of drug-likeness (QED) is 0.647. The number of hydrogen-bond acceptors (Lipinski definition) is 5. The minimum atomic E-state index is -3.57. The van der Waals surface area contributed by atoms with Gasteiger partial charge in [-0.05, 0) is 26.1 Å². The third kappa shape index (κ3) is 3.96. The highest BCUT2D eigenvalue weighted by atomic mass is 35.5. The first kappa shape index (κ1) is 18.4. The molecule has 7 nitrogen and oxygen atoms in total. The van der Waals surface area contributed by atoms with E-state index in [1.165, 1.54) is 6.07 Å². The van der Waals surface area contributed by atoms with Crippen LogP contribution < -0.4 is 15.4 Å². The highest BCUT2D eigenvalue weighted by Crippen LogP contribution is 2.22. The molecule has 3 N–H and O–H groups in total. The number of nitrogens with zero attached hydrogens (tertiary/aromatic N) is 1. The first-order chi connectivity index (χ1) is 9.95. The smallest absolute Gasteiger partial charge is 0.263 e. The molecule has 1 aromatic carbocycles. The van der Waals surface area contributed by atoms with Gasteiger partial charge in [0, 0.05) is 18.7 Å². The molecule has 0 bridgehead atoms. The maximum absolute atomic E-state index is 11.9. The largest absolute Gasteiger partial charge is 0.353 e. The number of carbonyl (C=O) groups is 1. The van der Waals surface area contributed by atoms with Crippen LogP contribution in [0.3, 0.4) is 0 Å². The van der Waals surface area contributed by atoms with Crippen LogP contribution in [0.5, 0.6) is 0 Å². The van der Waals surface area contributed by atoms with Gasteiger partial charge in [0.15, 0.2) is 0 Å². The zero-order valence-corrected chi connectivity index (χ0v) is 13.9. The summed E-state index contributed by atoms with van der Waals surface area (Å²) in [5, 5.41) is 5.63. The van der Waals surface area contributed by atoms with Gasteiger partial charge >= 0.3 is 0 Å². The summed E-state index contributed by atoms with van der Waals surface area (Å²) in [5.74, 6) is -0.0387. The number of nitrogens with one attached hydrogen (secondary N) is 3. The number of hydrogen-bond donors (Lipinski definition) is 3. The summed E-state index contributed by atoms with van der Waals surface area (Å²) in [7, 11) is -1.78. The van der Waals surface area contributed by atoms with Gasteiger partial charge in [-0.3, -0.25) is 14.5 Å². The summed E-state index contributed by atoms with van der Waals surface area (Å²) in [6.45, 7) is 2.77. The fourth-order valence-electron chi connectivity index (χ4n) is 1.94. The molecule has 1 aliphatic heterocycles. The van der Waals surface area contributed by atoms with Crippen LogP contribution in [-0.2, 0) is 14.8 Å². The Balaban J connectivity index is 0.00000242. The molecule has 9 heteroatoms. The molecule has 1 aliphatic rings. The van der Waals surface area contributed by atoms with E-state index in [-0.39, 0.29) is 29.0 Å². The van der Waals surface area contributed by atoms with Crippen LogP contribution in [0.1, 0.15) is 12.5 Å². The zero-order valence-electron chi connectivity index (χ0n) is 12.3. The number of amides is 1. The lowest BCUT2D eigenvalue weighted by molar-refractivity contribution is -0.121. The summed E-state index contributed by atoms with van der Waals surface area (Å²) >= 11 is 0. The Morgan fingerprint density at radius 1 is 1.32 bits per heavy atom. The number of carbonyl (C=O) groups excluding carboxylic acids is 1. The minimum Gasteiger partial charge on any atom is -0.353 e. The van der Waals surface area contributed by atoms with Crippen molar-refractivity contribution in [3.05, 3.63) is 29.8 Å². The number of amidine groups is 1. The molecule has 0 saturated heterocycles. The Bertz CT molecular complexity index is 676. The summed E-state index contributed by atoms with van der Waals surface area (Å²) in [4.78, 5) is 16.2. The molecule has 122 valence electrons. The average molecular weight is 347 g/mol. The molecule has 1 aromatic rings. The van der Waals surface area contributed by atoms with E-state index in [1.54, 1.807) is 32.2 Å². The highest BCUT2D eigenvalue weighted by Gasteiger charge is 2.31. The van der Waals surface area contributed by atoms with Crippen molar-refractivity contribution < 1.29 is 13.2 Å². The lowest BCUT2D eigenvalue weighted by Gasteiger charge is -2.09. The van der Waals surface area contributed by atoms with E-state index in [1.807, 2.05) is 0 Å². The number of halogens is 1. The van der Waals surface area contributed by atoms with E-state index in [0.29, 0.717) is 18.7 Å². The van der Waals surface area contributed by atoms with Crippen molar-refractivity contribution in [2.45, 2.75) is 17.9 Å². The molecule has 0 radical (unpaired) electrons. The molecule has 2 rings (SSSR count). The lowest BCUT2D eigenvalue weighted by Crippen LogP contribution is -2.37. The molecule has 1 unspecified atom stereocenters. The maximum Gasteiger partial charge on any atom is 0.263 e. The second kappa shape index (κ2) is 7.57. The zero-order chi connectivity index (χ0) is 15.5. The van der Waals surface area contributed by atoms with Crippen LogP contribution in [-0.4, -0.2) is 46.3 Å². The highest BCUT2D eigenvalue weighted by molar-refractivity contribution is 7.90. The molecule has 1 heterocycles. The maximum atomic E-state index is 11.9. The second-order valence-electron chi connectivity index (χ2n) is 4.65. The molecular weight excluding hydrogens is 328 g/mol. The number of sulfonamides is 1. The Hall–Kier alpha value is -1.64. The van der Waals surface area contributed by atoms with Gasteiger partial charge in [0.1, 0.15) is 11.9 Å². The monoisotopic (exact) mass is 346 g/mol. The number of aliphatic imine (C=N–C) groups is 1. The predicted octanol–water partition coefficient (Wildman–Crippen LogP) is -0.129. The van der Waals surface area contributed by atoms with Gasteiger partial charge in [0.2, 0.25) is 5.91 Å². The summed E-state index contributed by atoms with van der Waals surface area (Å²) < 4.78 is 26.2. The van der Waals surface area contributed by atoms with Gasteiger partial charge in [-0.1, -0.05) is 12.1 Å². The van der Waals surface area contributed by atoms with Crippen molar-refractivity contribution in [3.8, 4) is 0 Å². The first-order valence-corrected chi connectivity index (χ1v) is 8.06. The van der Waals surface area contributed by atoms with Gasteiger partial charge in [-0.25, -0.2) is 8.42 Å². The topological polar surface area (TPSA) is 99.7 Å². The second-order valence-corrected chi connectivity index (χ2v) is 6.30. The van der Waals surface area contributed by atoms with Crippen LogP contribution in [0.25, 0.3) is 0 Å². The Morgan fingerprint density at radius 2 is 2.00 bits per heavy atom. The Kier molecular flexibility index (Phi) is 6.34. The lowest BCUT2D eigenvalue weighted by atomic mass is 10.2. The SMILES string of the molecule is CNCCNC(=O)C(C)N=C1NS(=O)(=O)c2ccccc21.Cl. The van der Waals surface area contributed by atoms with Crippen LogP contribution in [0.15, 0.2) is 34.2 Å². The molecule has 1 amide bonds. The predicted molar refractivity (Wildman–Crippen MR) is 86.9 cm³/mol. The first-order valence-electron chi connectivity index (χ1n) is 6.58. The van der Waals surface area contributed by atoms with Crippen LogP contribution >= 0.6 is 12.4 Å². The molecule has 0 saturated carbocycles. The molecule has 0 aliphatic carbocycles. The summed E-state index contributed by atoms with van der Waals surface area (Å²) in [5.41, 5.74) is 0.493. The standard InChI is InChI=1S/C13H18N4O3S.ClH/c1-9(13(18)15-8-7-14-2)16-12-10-5-3-4-6-11(10)21(19,20)17-12;/h3-6,9,14H,7-8H2,1-2H3,(H,15,18)(H,16,17);1H. The molecule has 1 atom stereocenters. The molecular formula is C13H19ClN4O3S. The van der Waals surface area contributed by atoms with Crippen molar-refractivity contribution in [1.29, 1.82) is 0 Å². The third-order valence-electron chi connectivity index (χ3n) is 3.04. The van der Waals surface area contributed by atoms with Crippen molar-refractivity contribution in [2.24, 2.45) is 4.99 Å². The molecule has 0 aromatic heterocycles. The van der Waals surface area contributed by atoms with Crippen LogP contribution in [0.2, 0.25) is 0 Å². The Morgan fingerprint density at radius 3 is 2.68 bits per heavy atom. The summed E-state index contributed by atoms with van der Waals surface area (Å²) in [6, 6.07) is 5.88. The third-order valence-corrected chi connectivity index (χ3v) is 4.44. The normalized spacial score (nSPS) is 18.0. The number of rotatable bonds is 5. The Labute approximate surface area is 136 Å². The number of fused-ring (bicyclic) bond motifs is 1. The van der Waals surface area contributed by atoms with E-state index in [0.717, 1.165) is 0 Å². The fourth-order valence-corrected chi connectivity index (χ4v) is 3.18. The minimum absolute atomic E-state index is 0. The van der Waals surface area contributed by atoms with Crippen LogP contribution in [0.4, 0.5) is 0 Å². The van der Waals surface area contributed by atoms with E-state index in [9.17, 15) is 13.2 Å². The van der Waals surface area contributed by atoms with Crippen molar-refractivity contribution in [3.63, 3.8) is 0 Å². The van der Waals surface area contributed by atoms with E-state index in [2.05, 4.69) is 20.3 Å². The van der Waals surface area contributed by atoms with E-state index < -0.39 is 16.1 Å². The molecule has 22 heavy (non-hydrogen) atoms. The average Bonchev–Trinajstić information content (AvgIpc) is 2.71. The van der Waals surface area contributed by atoms with E-state index in [4.69, 9.17) is 0 Å². The van der Waals surface area contributed by atoms with E-state index >= 15 is 0 Å². The van der Waals surface area contributed by atoms with Crippen molar-refractivity contribution in [1.82, 2.24) is 15.4 Å². The summed E-state index contributed by atoms with van der Waals surface area (Å²) in [6.07, 6.45) is 0. The van der Waals surface area contributed by atoms with Gasteiger partial charge in [0.05, 0.1) is 4.90 Å². The van der Waals surface area contributed by atoms with Gasteiger partial charge < -0.3 is 10.6 Å². The van der Waals surface area contributed by atoms with Crippen molar-refractivity contribution in [2.75, 3.05) is 20.1 Å². The van der Waals surface area contributed by atoms with Gasteiger partial charge in [-0.15, -0.1) is 12.4 Å². The van der Waals surface area contributed by atoms with Crippen molar-refractivity contribution >= 4 is 34.2 Å². The van der Waals surface area contributed by atoms with Gasteiger partial charge in [0.25, 0.3) is 10.0 Å². The van der Waals surface area contributed by atoms with Crippen LogP contribution in [0, 0.1) is 0 Å². The fraction of sp³-hybridized carbons (Fsp3) is 0.385. The number of likely N-dealkylation sites (N-methyl/N-ethyl adjacent to an activating group) is 1.